The number of fused-ring (bicyclic) bond motifs is 1. The topological polar surface area (TPSA) is 66.0 Å². The van der Waals surface area contributed by atoms with Crippen LogP contribution in [0.15, 0.2) is 46.9 Å². The van der Waals surface area contributed by atoms with E-state index in [0.717, 1.165) is 48.3 Å². The number of rotatable bonds is 5. The molecule has 2 heterocycles. The summed E-state index contributed by atoms with van der Waals surface area (Å²) in [7, 11) is 0. The van der Waals surface area contributed by atoms with Crippen LogP contribution in [-0.2, 0) is 24.1 Å². The first-order chi connectivity index (χ1) is 13.2. The van der Waals surface area contributed by atoms with E-state index >= 15 is 0 Å². The lowest BCUT2D eigenvalue weighted by molar-refractivity contribution is -0.116. The van der Waals surface area contributed by atoms with Gasteiger partial charge in [-0.3, -0.25) is 4.79 Å². The first-order valence-corrected chi connectivity index (χ1v) is 10.0. The number of benzene rings is 1. The fraction of sp³-hybridized carbons (Fsp3) is 0.273. The molecule has 0 atom stereocenters. The van der Waals surface area contributed by atoms with Crippen molar-refractivity contribution in [3.63, 3.8) is 0 Å². The van der Waals surface area contributed by atoms with E-state index in [1.54, 1.807) is 11.3 Å². The third kappa shape index (κ3) is 3.81. The van der Waals surface area contributed by atoms with Crippen LogP contribution in [0.1, 0.15) is 41.0 Å². The van der Waals surface area contributed by atoms with Gasteiger partial charge in [-0.2, -0.15) is 5.26 Å². The number of hydrogen-bond acceptors (Lipinski definition) is 4. The van der Waals surface area contributed by atoms with Crippen LogP contribution in [-0.4, -0.2) is 5.91 Å². The number of amides is 1. The first-order valence-electron chi connectivity index (χ1n) is 9.23. The Labute approximate surface area is 162 Å². The summed E-state index contributed by atoms with van der Waals surface area (Å²) >= 11 is 1.56. The van der Waals surface area contributed by atoms with Gasteiger partial charge < -0.3 is 9.73 Å². The average molecular weight is 376 g/mol. The van der Waals surface area contributed by atoms with Crippen molar-refractivity contribution >= 4 is 22.2 Å². The van der Waals surface area contributed by atoms with Gasteiger partial charge >= 0.3 is 0 Å². The van der Waals surface area contributed by atoms with E-state index in [2.05, 4.69) is 11.4 Å². The van der Waals surface area contributed by atoms with Gasteiger partial charge in [-0.05, 0) is 43.4 Å². The summed E-state index contributed by atoms with van der Waals surface area (Å²) in [5, 5.41) is 13.1. The van der Waals surface area contributed by atoms with Crippen LogP contribution in [0.5, 0.6) is 0 Å². The molecule has 5 heteroatoms. The minimum Gasteiger partial charge on any atom is -0.461 e. The van der Waals surface area contributed by atoms with Gasteiger partial charge in [0.05, 0.1) is 5.56 Å². The third-order valence-electron chi connectivity index (χ3n) is 4.85. The van der Waals surface area contributed by atoms with Crippen LogP contribution in [0.2, 0.25) is 0 Å². The number of furan rings is 1. The molecule has 0 bridgehead atoms. The predicted molar refractivity (Wildman–Crippen MR) is 107 cm³/mol. The van der Waals surface area contributed by atoms with Crippen molar-refractivity contribution in [2.45, 2.75) is 38.5 Å². The molecule has 0 spiro atoms. The van der Waals surface area contributed by atoms with E-state index in [1.807, 2.05) is 42.5 Å². The lowest BCUT2D eigenvalue weighted by Gasteiger charge is -2.09. The molecular formula is C22H20N2O2S. The number of nitriles is 1. The molecule has 0 unspecified atom stereocenters. The number of aryl methyl sites for hydroxylation is 2. The maximum Gasteiger partial charge on any atom is 0.225 e. The summed E-state index contributed by atoms with van der Waals surface area (Å²) in [6.45, 7) is 0. The number of carbonyl (C=O) groups excluding carboxylic acids is 1. The molecule has 0 radical (unpaired) electrons. The van der Waals surface area contributed by atoms with E-state index < -0.39 is 0 Å². The molecule has 0 aliphatic heterocycles. The predicted octanol–water partition coefficient (Wildman–Crippen LogP) is 5.33. The van der Waals surface area contributed by atoms with Gasteiger partial charge in [-0.15, -0.1) is 11.3 Å². The fourth-order valence-corrected chi connectivity index (χ4v) is 4.72. The van der Waals surface area contributed by atoms with Crippen molar-refractivity contribution in [1.29, 1.82) is 5.26 Å². The van der Waals surface area contributed by atoms with Crippen molar-refractivity contribution < 1.29 is 9.21 Å². The molecule has 1 aliphatic carbocycles. The normalized spacial score (nSPS) is 13.0. The summed E-state index contributed by atoms with van der Waals surface area (Å²) in [6.07, 6.45) is 5.10. The molecular weight excluding hydrogens is 356 g/mol. The van der Waals surface area contributed by atoms with E-state index in [-0.39, 0.29) is 5.91 Å². The van der Waals surface area contributed by atoms with Gasteiger partial charge in [0.25, 0.3) is 0 Å². The van der Waals surface area contributed by atoms with Gasteiger partial charge in [-0.1, -0.05) is 30.3 Å². The monoisotopic (exact) mass is 376 g/mol. The fourth-order valence-electron chi connectivity index (χ4n) is 3.47. The molecule has 4 nitrogen and oxygen atoms in total. The summed E-state index contributed by atoms with van der Waals surface area (Å²) in [6, 6.07) is 16.0. The van der Waals surface area contributed by atoms with Crippen molar-refractivity contribution in [3.8, 4) is 17.4 Å². The molecule has 1 N–H and O–H groups in total. The van der Waals surface area contributed by atoms with Crippen molar-refractivity contribution in [2.24, 2.45) is 0 Å². The Morgan fingerprint density at radius 3 is 2.78 bits per heavy atom. The highest BCUT2D eigenvalue weighted by molar-refractivity contribution is 7.16. The lowest BCUT2D eigenvalue weighted by atomic mass is 9.96. The number of anilines is 1. The molecule has 1 amide bonds. The van der Waals surface area contributed by atoms with Gasteiger partial charge in [0.1, 0.15) is 22.6 Å². The first kappa shape index (κ1) is 17.6. The van der Waals surface area contributed by atoms with Crippen LogP contribution in [0.3, 0.4) is 0 Å². The molecule has 0 saturated heterocycles. The average Bonchev–Trinajstić information content (AvgIpc) is 3.31. The molecule has 1 aromatic carbocycles. The number of hydrogen-bond donors (Lipinski definition) is 1. The molecule has 0 saturated carbocycles. The van der Waals surface area contributed by atoms with Crippen LogP contribution >= 0.6 is 11.3 Å². The smallest absolute Gasteiger partial charge is 0.225 e. The Morgan fingerprint density at radius 2 is 1.96 bits per heavy atom. The highest BCUT2D eigenvalue weighted by Gasteiger charge is 2.21. The summed E-state index contributed by atoms with van der Waals surface area (Å²) < 4.78 is 5.85. The molecule has 3 aromatic rings. The summed E-state index contributed by atoms with van der Waals surface area (Å²) in [5.41, 5.74) is 2.83. The second kappa shape index (κ2) is 7.81. The standard InChI is InChI=1S/C22H20N2O2S/c23-14-18-17-8-4-5-9-20(17)27-22(18)24-21(25)13-11-16-10-12-19(26-16)15-6-2-1-3-7-15/h1-3,6-7,10,12H,4-5,8-9,11,13H2,(H,24,25). The maximum absolute atomic E-state index is 12.4. The second-order valence-electron chi connectivity index (χ2n) is 6.71. The van der Waals surface area contributed by atoms with Crippen LogP contribution in [0.25, 0.3) is 11.3 Å². The van der Waals surface area contributed by atoms with Crippen LogP contribution in [0.4, 0.5) is 5.00 Å². The highest BCUT2D eigenvalue weighted by atomic mass is 32.1. The molecule has 4 rings (SSSR count). The largest absolute Gasteiger partial charge is 0.461 e. The maximum atomic E-state index is 12.4. The Balaban J connectivity index is 1.39. The Kier molecular flexibility index (Phi) is 5.08. The number of carbonyl (C=O) groups is 1. The summed E-state index contributed by atoms with van der Waals surface area (Å²) in [5.74, 6) is 1.52. The zero-order chi connectivity index (χ0) is 18.6. The molecule has 136 valence electrons. The minimum atomic E-state index is -0.0808. The number of nitrogens with one attached hydrogen (secondary N) is 1. The van der Waals surface area contributed by atoms with Gasteiger partial charge in [0.2, 0.25) is 5.91 Å². The van der Waals surface area contributed by atoms with Crippen molar-refractivity contribution in [1.82, 2.24) is 0 Å². The molecule has 2 aromatic heterocycles. The van der Waals surface area contributed by atoms with E-state index in [4.69, 9.17) is 4.42 Å². The lowest BCUT2D eigenvalue weighted by Crippen LogP contribution is -2.12. The van der Waals surface area contributed by atoms with E-state index in [0.29, 0.717) is 23.4 Å². The molecule has 1 aliphatic rings. The Bertz CT molecular complexity index is 995. The van der Waals surface area contributed by atoms with E-state index in [1.165, 1.54) is 4.88 Å². The quantitative estimate of drug-likeness (QED) is 0.654. The highest BCUT2D eigenvalue weighted by Crippen LogP contribution is 2.37. The minimum absolute atomic E-state index is 0.0808. The number of nitrogens with zero attached hydrogens (tertiary/aromatic N) is 1. The second-order valence-corrected chi connectivity index (χ2v) is 7.81. The van der Waals surface area contributed by atoms with Crippen LogP contribution in [0, 0.1) is 11.3 Å². The zero-order valence-electron chi connectivity index (χ0n) is 15.0. The Morgan fingerprint density at radius 1 is 1.15 bits per heavy atom. The van der Waals surface area contributed by atoms with Crippen LogP contribution < -0.4 is 5.32 Å². The van der Waals surface area contributed by atoms with Gasteiger partial charge in [0, 0.05) is 23.3 Å². The number of thiophene rings is 1. The third-order valence-corrected chi connectivity index (χ3v) is 6.06. The van der Waals surface area contributed by atoms with E-state index in [9.17, 15) is 10.1 Å². The molecule has 0 fully saturated rings. The summed E-state index contributed by atoms with van der Waals surface area (Å²) in [4.78, 5) is 13.6. The van der Waals surface area contributed by atoms with Gasteiger partial charge in [0.15, 0.2) is 0 Å². The SMILES string of the molecule is N#Cc1c(NC(=O)CCc2ccc(-c3ccccc3)o2)sc2c1CCCC2. The zero-order valence-corrected chi connectivity index (χ0v) is 15.8. The van der Waals surface area contributed by atoms with Crippen molar-refractivity contribution in [2.75, 3.05) is 5.32 Å². The van der Waals surface area contributed by atoms with Crippen molar-refractivity contribution in [3.05, 3.63) is 64.2 Å². The molecule has 27 heavy (non-hydrogen) atoms. The Hall–Kier alpha value is -2.84. The van der Waals surface area contributed by atoms with Gasteiger partial charge in [-0.25, -0.2) is 0 Å².